The Balaban J connectivity index is 0.940. The Morgan fingerprint density at radius 3 is 1.29 bits per heavy atom. The van der Waals surface area contributed by atoms with E-state index in [0.29, 0.717) is 0 Å². The molecule has 0 N–H and O–H groups in total. The number of hydrogen-bond donors (Lipinski definition) is 0. The lowest BCUT2D eigenvalue weighted by atomic mass is 9.86. The van der Waals surface area contributed by atoms with Crippen LogP contribution in [-0.2, 0) is 0 Å². The van der Waals surface area contributed by atoms with Crippen molar-refractivity contribution in [1.82, 2.24) is 0 Å². The van der Waals surface area contributed by atoms with E-state index in [9.17, 15) is 0 Å². The Labute approximate surface area is 438 Å². The summed E-state index contributed by atoms with van der Waals surface area (Å²) in [7, 11) is 0. The van der Waals surface area contributed by atoms with Crippen molar-refractivity contribution in [1.29, 1.82) is 0 Å². The SMILES string of the molecule is Cc1cc(-c2c3ccccc3c(N(c3ccccc3)c3ccc(C=Cc4ccccc4)cc3)c3cc4ccccc4cc23)cc2ccc3cc(N(c4ccccc4)c4ccc(C=Cc5ccccc5)cc4)ccc3c12. The molecule has 13 aromatic rings. The second kappa shape index (κ2) is 19.7. The molecule has 2 nitrogen and oxygen atoms in total. The Bertz CT molecular complexity index is 4260. The third kappa shape index (κ3) is 8.79. The summed E-state index contributed by atoms with van der Waals surface area (Å²) in [5.74, 6) is 0. The van der Waals surface area contributed by atoms with Gasteiger partial charge in [0.25, 0.3) is 0 Å². The van der Waals surface area contributed by atoms with Crippen molar-refractivity contribution in [2.24, 2.45) is 0 Å². The molecule has 13 rings (SSSR count). The van der Waals surface area contributed by atoms with Crippen LogP contribution >= 0.6 is 0 Å². The van der Waals surface area contributed by atoms with Crippen molar-refractivity contribution in [3.05, 3.63) is 301 Å². The number of benzene rings is 13. The lowest BCUT2D eigenvalue weighted by Gasteiger charge is -2.30. The van der Waals surface area contributed by atoms with E-state index in [0.717, 1.165) is 45.3 Å². The Hall–Kier alpha value is -9.76. The van der Waals surface area contributed by atoms with E-state index >= 15 is 0 Å². The van der Waals surface area contributed by atoms with Crippen LogP contribution in [0.2, 0.25) is 0 Å². The molecule has 0 aliphatic heterocycles. The van der Waals surface area contributed by atoms with Crippen LogP contribution in [0.5, 0.6) is 0 Å². The summed E-state index contributed by atoms with van der Waals surface area (Å²) >= 11 is 0. The first kappa shape index (κ1) is 45.1. The average Bonchev–Trinajstić information content (AvgIpc) is 3.51. The Morgan fingerprint density at radius 1 is 0.267 bits per heavy atom. The fraction of sp³-hybridized carbons (Fsp3) is 0.0137. The first-order valence-electron chi connectivity index (χ1n) is 25.8. The summed E-state index contributed by atoms with van der Waals surface area (Å²) in [6.07, 6.45) is 8.71. The minimum absolute atomic E-state index is 1.10. The van der Waals surface area contributed by atoms with Gasteiger partial charge in [0.1, 0.15) is 0 Å². The lowest BCUT2D eigenvalue weighted by molar-refractivity contribution is 1.29. The van der Waals surface area contributed by atoms with Crippen molar-refractivity contribution in [3.63, 3.8) is 0 Å². The van der Waals surface area contributed by atoms with E-state index in [1.807, 2.05) is 0 Å². The van der Waals surface area contributed by atoms with Gasteiger partial charge < -0.3 is 9.80 Å². The maximum Gasteiger partial charge on any atom is 0.0619 e. The molecule has 0 aliphatic rings. The third-order valence-electron chi connectivity index (χ3n) is 14.6. The third-order valence-corrected chi connectivity index (χ3v) is 14.6. The zero-order chi connectivity index (χ0) is 50.1. The van der Waals surface area contributed by atoms with Gasteiger partial charge in [-0.1, -0.05) is 218 Å². The number of rotatable bonds is 11. The van der Waals surface area contributed by atoms with Gasteiger partial charge in [0, 0.05) is 39.2 Å². The molecule has 354 valence electrons. The predicted molar refractivity (Wildman–Crippen MR) is 324 cm³/mol. The number of aryl methyl sites for hydroxylation is 1. The molecule has 0 radical (unpaired) electrons. The number of anilines is 6. The maximum absolute atomic E-state index is 2.46. The van der Waals surface area contributed by atoms with Crippen LogP contribution in [0.1, 0.15) is 27.8 Å². The van der Waals surface area contributed by atoms with Crippen LogP contribution in [0.15, 0.2) is 273 Å². The van der Waals surface area contributed by atoms with Gasteiger partial charge in [0.15, 0.2) is 0 Å². The standard InChI is InChI=1S/C73H52N2/c1-51-46-60(47-59-39-38-58-48-65(44-45-66(58)71(51)59)74(61-24-10-4-11-25-61)63-40-34-54(35-41-63)32-30-52-18-6-2-7-19-52)72-67-28-16-17-29-68(67)73(70-50-57-23-15-14-22-56(57)49-69(70)72)75(62-26-12-5-13-27-62)64-42-36-55(37-43-64)33-31-53-20-8-3-9-21-53/h2-50H,1H3. The number of nitrogens with zero attached hydrogens (tertiary/aromatic N) is 2. The first-order chi connectivity index (χ1) is 37.1. The average molecular weight is 957 g/mol. The normalized spacial score (nSPS) is 11.7. The highest BCUT2D eigenvalue weighted by molar-refractivity contribution is 6.25. The smallest absolute Gasteiger partial charge is 0.0619 e. The summed E-state index contributed by atoms with van der Waals surface area (Å²) in [5.41, 5.74) is 15.0. The van der Waals surface area contributed by atoms with Crippen molar-refractivity contribution in [3.8, 4) is 11.1 Å². The van der Waals surface area contributed by atoms with Gasteiger partial charge in [0.05, 0.1) is 5.69 Å². The summed E-state index contributed by atoms with van der Waals surface area (Å²) in [6.45, 7) is 2.28. The van der Waals surface area contributed by atoms with E-state index in [-0.39, 0.29) is 0 Å². The molecule has 0 heterocycles. The van der Waals surface area contributed by atoms with Crippen molar-refractivity contribution in [2.75, 3.05) is 9.80 Å². The van der Waals surface area contributed by atoms with E-state index < -0.39 is 0 Å². The molecule has 0 aliphatic carbocycles. The van der Waals surface area contributed by atoms with E-state index in [1.54, 1.807) is 0 Å². The van der Waals surface area contributed by atoms with Crippen LogP contribution < -0.4 is 9.80 Å². The van der Waals surface area contributed by atoms with Crippen LogP contribution in [0, 0.1) is 6.92 Å². The van der Waals surface area contributed by atoms with Crippen molar-refractivity contribution in [2.45, 2.75) is 6.92 Å². The Kier molecular flexibility index (Phi) is 11.8. The molecule has 0 unspecified atom stereocenters. The van der Waals surface area contributed by atoms with Gasteiger partial charge >= 0.3 is 0 Å². The van der Waals surface area contributed by atoms with Gasteiger partial charge in [0.2, 0.25) is 0 Å². The molecular formula is C73H52N2. The molecule has 0 saturated heterocycles. The molecule has 0 aromatic heterocycles. The zero-order valence-electron chi connectivity index (χ0n) is 41.7. The molecule has 13 aromatic carbocycles. The monoisotopic (exact) mass is 956 g/mol. The van der Waals surface area contributed by atoms with E-state index in [4.69, 9.17) is 0 Å². The highest BCUT2D eigenvalue weighted by Crippen LogP contribution is 2.50. The molecule has 0 bridgehead atoms. The highest BCUT2D eigenvalue weighted by atomic mass is 15.1. The zero-order valence-corrected chi connectivity index (χ0v) is 41.7. The lowest BCUT2D eigenvalue weighted by Crippen LogP contribution is -2.11. The van der Waals surface area contributed by atoms with Gasteiger partial charge in [-0.05, 0) is 168 Å². The van der Waals surface area contributed by atoms with Crippen LogP contribution in [-0.4, -0.2) is 0 Å². The fourth-order valence-electron chi connectivity index (χ4n) is 11.1. The Morgan fingerprint density at radius 2 is 0.707 bits per heavy atom. The molecule has 0 spiro atoms. The molecular weight excluding hydrogens is 905 g/mol. The number of para-hydroxylation sites is 2. The summed E-state index contributed by atoms with van der Waals surface area (Å²) in [6, 6.07) is 99.3. The first-order valence-corrected chi connectivity index (χ1v) is 25.8. The highest BCUT2D eigenvalue weighted by Gasteiger charge is 2.24. The number of fused-ring (bicyclic) bond motifs is 6. The number of hydrogen-bond acceptors (Lipinski definition) is 2. The van der Waals surface area contributed by atoms with Gasteiger partial charge in [-0.25, -0.2) is 0 Å². The van der Waals surface area contributed by atoms with E-state index in [1.165, 1.54) is 81.7 Å². The minimum atomic E-state index is 1.10. The molecule has 0 fully saturated rings. The van der Waals surface area contributed by atoms with Gasteiger partial charge in [-0.3, -0.25) is 0 Å². The second-order valence-electron chi connectivity index (χ2n) is 19.4. The summed E-state index contributed by atoms with van der Waals surface area (Å²) in [5, 5.41) is 12.2. The largest absolute Gasteiger partial charge is 0.310 e. The molecule has 0 amide bonds. The van der Waals surface area contributed by atoms with Crippen LogP contribution in [0.4, 0.5) is 34.1 Å². The minimum Gasteiger partial charge on any atom is -0.310 e. The maximum atomic E-state index is 2.46. The molecule has 0 saturated carbocycles. The second-order valence-corrected chi connectivity index (χ2v) is 19.4. The van der Waals surface area contributed by atoms with Gasteiger partial charge in [-0.2, -0.15) is 0 Å². The predicted octanol–water partition coefficient (Wildman–Crippen LogP) is 20.7. The van der Waals surface area contributed by atoms with E-state index in [2.05, 4.69) is 314 Å². The fourth-order valence-corrected chi connectivity index (χ4v) is 11.1. The van der Waals surface area contributed by atoms with Crippen molar-refractivity contribution >= 4 is 112 Å². The summed E-state index contributed by atoms with van der Waals surface area (Å²) < 4.78 is 0. The van der Waals surface area contributed by atoms with Crippen molar-refractivity contribution < 1.29 is 0 Å². The summed E-state index contributed by atoms with van der Waals surface area (Å²) in [4.78, 5) is 4.81. The molecule has 0 atom stereocenters. The van der Waals surface area contributed by atoms with Crippen LogP contribution in [0.25, 0.3) is 89.3 Å². The molecule has 2 heteroatoms. The topological polar surface area (TPSA) is 6.48 Å². The molecule has 75 heavy (non-hydrogen) atoms. The van der Waals surface area contributed by atoms with Crippen LogP contribution in [0.3, 0.4) is 0 Å². The quantitative estimate of drug-likeness (QED) is 0.0724. The van der Waals surface area contributed by atoms with Gasteiger partial charge in [-0.15, -0.1) is 0 Å².